The van der Waals surface area contributed by atoms with Gasteiger partial charge in [0.1, 0.15) is 11.8 Å². The number of alkyl halides is 3. The summed E-state index contributed by atoms with van der Waals surface area (Å²) in [6.07, 6.45) is 1.71. The molecule has 2 aliphatic rings. The zero-order valence-corrected chi connectivity index (χ0v) is 13.5. The number of hydrogen-bond acceptors (Lipinski definition) is 6. The molecule has 0 radical (unpaired) electrons. The second-order valence-electron chi connectivity index (χ2n) is 5.46. The summed E-state index contributed by atoms with van der Waals surface area (Å²) in [4.78, 5) is 25.2. The van der Waals surface area contributed by atoms with E-state index in [1.165, 1.54) is 4.90 Å². The molecule has 2 rings (SSSR count). The molecule has 2 aliphatic heterocycles. The number of esters is 1. The molecule has 11 heteroatoms. The molecule has 0 aromatic rings. The minimum Gasteiger partial charge on any atom is -0.464 e. The molecule has 2 atom stereocenters. The van der Waals surface area contributed by atoms with Crippen LogP contribution in [-0.4, -0.2) is 49.4 Å². The molecule has 7 nitrogen and oxygen atoms in total. The first-order chi connectivity index (χ1) is 11.1. The fourth-order valence-corrected chi connectivity index (χ4v) is 3.19. The minimum absolute atomic E-state index is 0.204. The van der Waals surface area contributed by atoms with Gasteiger partial charge in [0.25, 0.3) is 5.91 Å². The van der Waals surface area contributed by atoms with Gasteiger partial charge in [-0.05, 0) is 19.3 Å². The molecule has 0 bridgehead atoms. The van der Waals surface area contributed by atoms with E-state index in [0.717, 1.165) is 0 Å². The molecule has 1 unspecified atom stereocenters. The number of halogens is 3. The zero-order chi connectivity index (χ0) is 18.1. The standard InChI is InChI=1S/C13H16F3NO6S/c1-2-5-22-12(19)10-4-3-8-6-9(7-11(18)17(8)10)23-24(20,21)13(14,15)16/h7-8,10H,2-6H2,1H3/t8?,10-/m0/s1. The van der Waals surface area contributed by atoms with Gasteiger partial charge in [0, 0.05) is 18.5 Å². The summed E-state index contributed by atoms with van der Waals surface area (Å²) in [5.41, 5.74) is -5.57. The average molecular weight is 371 g/mol. The first kappa shape index (κ1) is 18.6. The van der Waals surface area contributed by atoms with Crippen molar-refractivity contribution in [2.24, 2.45) is 0 Å². The van der Waals surface area contributed by atoms with Crippen molar-refractivity contribution in [1.82, 2.24) is 4.90 Å². The monoisotopic (exact) mass is 371 g/mol. The topological polar surface area (TPSA) is 90.0 Å². The van der Waals surface area contributed by atoms with Gasteiger partial charge in [0.15, 0.2) is 0 Å². The van der Waals surface area contributed by atoms with E-state index in [0.29, 0.717) is 25.3 Å². The van der Waals surface area contributed by atoms with E-state index in [1.807, 2.05) is 6.92 Å². The number of hydrogen-bond donors (Lipinski definition) is 0. The quantitative estimate of drug-likeness (QED) is 0.413. The lowest BCUT2D eigenvalue weighted by Crippen LogP contribution is -2.47. The van der Waals surface area contributed by atoms with Crippen molar-refractivity contribution >= 4 is 22.0 Å². The van der Waals surface area contributed by atoms with Crippen molar-refractivity contribution in [3.63, 3.8) is 0 Å². The van der Waals surface area contributed by atoms with Crippen LogP contribution in [0.25, 0.3) is 0 Å². The smallest absolute Gasteiger partial charge is 0.464 e. The molecular formula is C13H16F3NO6S. The number of carbonyl (C=O) groups excluding carboxylic acids is 2. The lowest BCUT2D eigenvalue weighted by molar-refractivity contribution is -0.153. The first-order valence-electron chi connectivity index (χ1n) is 7.27. The third-order valence-corrected chi connectivity index (χ3v) is 4.70. The Hall–Kier alpha value is -1.78. The number of amides is 1. The van der Waals surface area contributed by atoms with Crippen LogP contribution in [0.4, 0.5) is 13.2 Å². The van der Waals surface area contributed by atoms with Gasteiger partial charge in [-0.2, -0.15) is 21.6 Å². The molecule has 0 spiro atoms. The second kappa shape index (κ2) is 6.61. The number of fused-ring (bicyclic) bond motifs is 1. The van der Waals surface area contributed by atoms with Crippen LogP contribution in [0.3, 0.4) is 0 Å². The van der Waals surface area contributed by atoms with Gasteiger partial charge in [0.2, 0.25) is 0 Å². The van der Waals surface area contributed by atoms with Crippen LogP contribution >= 0.6 is 0 Å². The van der Waals surface area contributed by atoms with Crippen molar-refractivity contribution in [1.29, 1.82) is 0 Å². The minimum atomic E-state index is -5.82. The van der Waals surface area contributed by atoms with Crippen molar-refractivity contribution in [2.45, 2.75) is 50.2 Å². The van der Waals surface area contributed by atoms with Gasteiger partial charge < -0.3 is 13.8 Å². The summed E-state index contributed by atoms with van der Waals surface area (Å²) in [5.74, 6) is -1.93. The number of rotatable bonds is 5. The normalized spacial score (nSPS) is 24.4. The van der Waals surface area contributed by atoms with Crippen molar-refractivity contribution < 1.29 is 40.1 Å². The molecule has 1 saturated heterocycles. The van der Waals surface area contributed by atoms with Gasteiger partial charge in [-0.3, -0.25) is 4.79 Å². The highest BCUT2D eigenvalue weighted by Crippen LogP contribution is 2.35. The molecule has 0 N–H and O–H groups in total. The average Bonchev–Trinajstić information content (AvgIpc) is 2.87. The Balaban J connectivity index is 2.12. The van der Waals surface area contributed by atoms with Gasteiger partial charge in [-0.15, -0.1) is 0 Å². The highest BCUT2D eigenvalue weighted by Gasteiger charge is 2.50. The van der Waals surface area contributed by atoms with E-state index in [-0.39, 0.29) is 13.0 Å². The Kier molecular flexibility index (Phi) is 5.11. The maximum absolute atomic E-state index is 12.3. The summed E-state index contributed by atoms with van der Waals surface area (Å²) < 4.78 is 68.1. The highest BCUT2D eigenvalue weighted by atomic mass is 32.2. The molecule has 0 saturated carbocycles. The maximum Gasteiger partial charge on any atom is 0.534 e. The van der Waals surface area contributed by atoms with E-state index < -0.39 is 45.3 Å². The van der Waals surface area contributed by atoms with Crippen LogP contribution in [0.2, 0.25) is 0 Å². The lowest BCUT2D eigenvalue weighted by atomic mass is 10.1. The Morgan fingerprint density at radius 1 is 1.38 bits per heavy atom. The molecule has 0 aromatic heterocycles. The highest BCUT2D eigenvalue weighted by molar-refractivity contribution is 7.87. The predicted octanol–water partition coefficient (Wildman–Crippen LogP) is 1.45. The van der Waals surface area contributed by atoms with Gasteiger partial charge in [-0.25, -0.2) is 4.79 Å². The Morgan fingerprint density at radius 2 is 2.04 bits per heavy atom. The molecule has 24 heavy (non-hydrogen) atoms. The summed E-state index contributed by atoms with van der Waals surface area (Å²) in [5, 5.41) is 0. The summed E-state index contributed by atoms with van der Waals surface area (Å²) >= 11 is 0. The van der Waals surface area contributed by atoms with Crippen molar-refractivity contribution in [3.05, 3.63) is 11.8 Å². The van der Waals surface area contributed by atoms with Crippen LogP contribution < -0.4 is 0 Å². The van der Waals surface area contributed by atoms with Crippen molar-refractivity contribution in [3.8, 4) is 0 Å². The number of ether oxygens (including phenoxy) is 1. The Labute approximate surface area is 136 Å². The van der Waals surface area contributed by atoms with Crippen LogP contribution in [0.5, 0.6) is 0 Å². The number of nitrogens with zero attached hydrogens (tertiary/aromatic N) is 1. The Bertz CT molecular complexity index is 657. The summed E-state index contributed by atoms with van der Waals surface area (Å²) in [6.45, 7) is 2.01. The Morgan fingerprint density at radius 3 is 2.62 bits per heavy atom. The molecular weight excluding hydrogens is 355 g/mol. The molecule has 1 amide bonds. The lowest BCUT2D eigenvalue weighted by Gasteiger charge is -2.32. The van der Waals surface area contributed by atoms with E-state index >= 15 is 0 Å². The summed E-state index contributed by atoms with van der Waals surface area (Å²) in [6, 6.07) is -1.41. The molecule has 0 aliphatic carbocycles. The predicted molar refractivity (Wildman–Crippen MR) is 73.7 cm³/mol. The van der Waals surface area contributed by atoms with Crippen LogP contribution in [0, 0.1) is 0 Å². The van der Waals surface area contributed by atoms with Gasteiger partial charge in [0.05, 0.1) is 6.61 Å². The second-order valence-corrected chi connectivity index (χ2v) is 7.00. The van der Waals surface area contributed by atoms with E-state index in [2.05, 4.69) is 4.18 Å². The number of carbonyl (C=O) groups is 2. The van der Waals surface area contributed by atoms with Crippen LogP contribution in [-0.2, 0) is 28.6 Å². The third kappa shape index (κ3) is 3.65. The molecule has 136 valence electrons. The molecule has 1 fully saturated rings. The fourth-order valence-electron chi connectivity index (χ4n) is 2.70. The van der Waals surface area contributed by atoms with Gasteiger partial charge in [-0.1, -0.05) is 6.92 Å². The van der Waals surface area contributed by atoms with Crippen molar-refractivity contribution in [2.75, 3.05) is 6.61 Å². The van der Waals surface area contributed by atoms with E-state index in [1.54, 1.807) is 0 Å². The zero-order valence-electron chi connectivity index (χ0n) is 12.7. The molecule has 0 aromatic carbocycles. The largest absolute Gasteiger partial charge is 0.534 e. The maximum atomic E-state index is 12.3. The van der Waals surface area contributed by atoms with Crippen LogP contribution in [0.1, 0.15) is 32.6 Å². The fraction of sp³-hybridized carbons (Fsp3) is 0.692. The first-order valence-corrected chi connectivity index (χ1v) is 8.68. The summed E-state index contributed by atoms with van der Waals surface area (Å²) in [7, 11) is -5.82. The van der Waals surface area contributed by atoms with E-state index in [4.69, 9.17) is 4.74 Å². The van der Waals surface area contributed by atoms with Crippen LogP contribution in [0.15, 0.2) is 11.8 Å². The van der Waals surface area contributed by atoms with Gasteiger partial charge >= 0.3 is 21.6 Å². The SMILES string of the molecule is CCCOC(=O)[C@@H]1CCC2CC(OS(=O)(=O)C(F)(F)F)=CC(=O)N21. The third-order valence-electron chi connectivity index (χ3n) is 3.70. The molecule has 2 heterocycles. The van der Waals surface area contributed by atoms with E-state index in [9.17, 15) is 31.2 Å².